The topological polar surface area (TPSA) is 92.0 Å². The minimum absolute atomic E-state index is 0.0582. The van der Waals surface area contributed by atoms with E-state index in [1.165, 1.54) is 11.8 Å². The summed E-state index contributed by atoms with van der Waals surface area (Å²) >= 11 is 1.53. The third kappa shape index (κ3) is 4.90. The standard InChI is InChI=1S/C26H27N5O2S/c1-5-6-22(32)31-21-12-7-17(4)13-20(21)23-24(28-26(30-29-23)34-15-16(2)3)33-25(31)19-10-8-18(14-27)9-11-19/h7-13,16,25H,5-6,15H2,1-4H3. The molecule has 1 aliphatic heterocycles. The van der Waals surface area contributed by atoms with Crippen molar-refractivity contribution in [1.82, 2.24) is 15.2 Å². The summed E-state index contributed by atoms with van der Waals surface area (Å²) in [6.07, 6.45) is 0.320. The molecule has 0 radical (unpaired) electrons. The van der Waals surface area contributed by atoms with Crippen LogP contribution in [-0.4, -0.2) is 26.8 Å². The monoisotopic (exact) mass is 473 g/mol. The first-order valence-electron chi connectivity index (χ1n) is 11.4. The van der Waals surface area contributed by atoms with Crippen LogP contribution in [0.5, 0.6) is 5.88 Å². The molecule has 1 aromatic heterocycles. The Bertz CT molecular complexity index is 1240. The van der Waals surface area contributed by atoms with Gasteiger partial charge in [0.1, 0.15) is 0 Å². The van der Waals surface area contributed by atoms with E-state index in [1.807, 2.05) is 44.2 Å². The Morgan fingerprint density at radius 2 is 1.97 bits per heavy atom. The zero-order chi connectivity index (χ0) is 24.2. The number of nitrogens with zero attached hydrogens (tertiary/aromatic N) is 5. The summed E-state index contributed by atoms with van der Waals surface area (Å²) < 4.78 is 6.46. The zero-order valence-corrected chi connectivity index (χ0v) is 20.6. The Labute approximate surface area is 204 Å². The number of carbonyl (C=O) groups excluding carboxylic acids is 1. The molecule has 0 spiro atoms. The van der Waals surface area contributed by atoms with E-state index in [4.69, 9.17) is 9.72 Å². The fourth-order valence-electron chi connectivity index (χ4n) is 3.72. The maximum Gasteiger partial charge on any atom is 0.247 e. The van der Waals surface area contributed by atoms with Crippen molar-refractivity contribution in [3.8, 4) is 23.2 Å². The number of ether oxygens (including phenoxy) is 1. The molecule has 2 heterocycles. The Hall–Kier alpha value is -3.44. The van der Waals surface area contributed by atoms with Gasteiger partial charge in [0, 0.05) is 23.3 Å². The highest BCUT2D eigenvalue weighted by Gasteiger charge is 2.35. The fourth-order valence-corrected chi connectivity index (χ4v) is 4.45. The number of nitriles is 1. The first-order chi connectivity index (χ1) is 16.4. The number of carbonyl (C=O) groups is 1. The van der Waals surface area contributed by atoms with E-state index < -0.39 is 6.23 Å². The van der Waals surface area contributed by atoms with Crippen molar-refractivity contribution in [3.05, 3.63) is 59.2 Å². The summed E-state index contributed by atoms with van der Waals surface area (Å²) in [6, 6.07) is 15.1. The summed E-state index contributed by atoms with van der Waals surface area (Å²) in [5.41, 5.74) is 4.30. The lowest BCUT2D eigenvalue weighted by Crippen LogP contribution is -2.37. The molecule has 3 aromatic rings. The largest absolute Gasteiger partial charge is 0.447 e. The minimum Gasteiger partial charge on any atom is -0.447 e. The van der Waals surface area contributed by atoms with Crippen LogP contribution < -0.4 is 9.64 Å². The van der Waals surface area contributed by atoms with Gasteiger partial charge >= 0.3 is 0 Å². The summed E-state index contributed by atoms with van der Waals surface area (Å²) in [4.78, 5) is 19.8. The van der Waals surface area contributed by atoms with Crippen LogP contribution >= 0.6 is 11.8 Å². The van der Waals surface area contributed by atoms with Gasteiger partial charge in [0.05, 0.1) is 17.3 Å². The van der Waals surface area contributed by atoms with Crippen molar-refractivity contribution in [2.45, 2.75) is 51.9 Å². The Morgan fingerprint density at radius 3 is 2.65 bits per heavy atom. The highest BCUT2D eigenvalue weighted by molar-refractivity contribution is 7.99. The number of aryl methyl sites for hydroxylation is 1. The van der Waals surface area contributed by atoms with Gasteiger partial charge in [-0.05, 0) is 43.5 Å². The molecule has 0 fully saturated rings. The molecule has 0 aliphatic carbocycles. The van der Waals surface area contributed by atoms with Crippen LogP contribution in [0.3, 0.4) is 0 Å². The van der Waals surface area contributed by atoms with Crippen LogP contribution in [0, 0.1) is 24.2 Å². The van der Waals surface area contributed by atoms with Gasteiger partial charge in [0.15, 0.2) is 5.69 Å². The van der Waals surface area contributed by atoms with Crippen LogP contribution in [0.15, 0.2) is 47.6 Å². The van der Waals surface area contributed by atoms with Gasteiger partial charge in [-0.1, -0.05) is 56.3 Å². The minimum atomic E-state index is -0.755. The van der Waals surface area contributed by atoms with Crippen LogP contribution in [-0.2, 0) is 4.79 Å². The quantitative estimate of drug-likeness (QED) is 0.425. The highest BCUT2D eigenvalue weighted by Crippen LogP contribution is 2.44. The average Bonchev–Trinajstić information content (AvgIpc) is 2.97. The van der Waals surface area contributed by atoms with E-state index >= 15 is 0 Å². The predicted molar refractivity (Wildman–Crippen MR) is 132 cm³/mol. The lowest BCUT2D eigenvalue weighted by molar-refractivity contribution is -0.120. The smallest absolute Gasteiger partial charge is 0.247 e. The summed E-state index contributed by atoms with van der Waals surface area (Å²) in [6.45, 7) is 8.24. The number of anilines is 1. The molecule has 7 nitrogen and oxygen atoms in total. The molecule has 0 N–H and O–H groups in total. The first-order valence-corrected chi connectivity index (χ1v) is 12.4. The Balaban J connectivity index is 1.90. The van der Waals surface area contributed by atoms with Crippen LogP contribution in [0.25, 0.3) is 11.3 Å². The molecule has 0 saturated carbocycles. The average molecular weight is 474 g/mol. The van der Waals surface area contributed by atoms with Gasteiger partial charge in [-0.2, -0.15) is 10.2 Å². The molecular formula is C26H27N5O2S. The molecule has 4 rings (SSSR count). The third-order valence-corrected chi connectivity index (χ3v) is 6.63. The van der Waals surface area contributed by atoms with Gasteiger partial charge in [-0.25, -0.2) is 0 Å². The number of fused-ring (bicyclic) bond motifs is 3. The number of amides is 1. The molecule has 1 unspecified atom stereocenters. The van der Waals surface area contributed by atoms with Gasteiger partial charge < -0.3 is 4.74 Å². The molecule has 1 atom stereocenters. The number of rotatable bonds is 6. The molecule has 34 heavy (non-hydrogen) atoms. The molecule has 0 saturated heterocycles. The summed E-state index contributed by atoms with van der Waals surface area (Å²) in [5, 5.41) is 18.6. The van der Waals surface area contributed by atoms with Crippen molar-refractivity contribution < 1.29 is 9.53 Å². The van der Waals surface area contributed by atoms with Gasteiger partial charge in [-0.15, -0.1) is 10.2 Å². The molecular weight excluding hydrogens is 446 g/mol. The van der Waals surface area contributed by atoms with E-state index in [0.717, 1.165) is 22.4 Å². The molecule has 1 amide bonds. The van der Waals surface area contributed by atoms with Crippen molar-refractivity contribution in [2.24, 2.45) is 5.92 Å². The lowest BCUT2D eigenvalue weighted by Gasteiger charge is -2.31. The summed E-state index contributed by atoms with van der Waals surface area (Å²) in [5.74, 6) is 1.62. The molecule has 0 bridgehead atoms. The van der Waals surface area contributed by atoms with E-state index in [2.05, 4.69) is 30.1 Å². The molecule has 174 valence electrons. The van der Waals surface area contributed by atoms with Crippen molar-refractivity contribution >= 4 is 23.4 Å². The zero-order valence-electron chi connectivity index (χ0n) is 19.8. The second-order valence-corrected chi connectivity index (χ2v) is 9.68. The van der Waals surface area contributed by atoms with Crippen LogP contribution in [0.2, 0.25) is 0 Å². The number of hydrogen-bond donors (Lipinski definition) is 0. The van der Waals surface area contributed by atoms with Crippen LogP contribution in [0.1, 0.15) is 56.5 Å². The normalized spacial score (nSPS) is 14.6. The molecule has 1 aliphatic rings. The number of hydrogen-bond acceptors (Lipinski definition) is 7. The second kappa shape index (κ2) is 10.2. The number of thioether (sulfide) groups is 1. The van der Waals surface area contributed by atoms with E-state index in [1.54, 1.807) is 17.0 Å². The van der Waals surface area contributed by atoms with Gasteiger partial charge in [0.2, 0.25) is 23.2 Å². The van der Waals surface area contributed by atoms with Gasteiger partial charge in [-0.3, -0.25) is 9.69 Å². The van der Waals surface area contributed by atoms with Crippen molar-refractivity contribution in [1.29, 1.82) is 5.26 Å². The maximum absolute atomic E-state index is 13.4. The predicted octanol–water partition coefficient (Wildman–Crippen LogP) is 5.69. The van der Waals surface area contributed by atoms with Gasteiger partial charge in [0.25, 0.3) is 0 Å². The maximum atomic E-state index is 13.4. The van der Waals surface area contributed by atoms with Crippen molar-refractivity contribution in [2.75, 3.05) is 10.7 Å². The highest BCUT2D eigenvalue weighted by atomic mass is 32.2. The fraction of sp³-hybridized carbons (Fsp3) is 0.346. The van der Waals surface area contributed by atoms with Crippen LogP contribution in [0.4, 0.5) is 5.69 Å². The van der Waals surface area contributed by atoms with Crippen molar-refractivity contribution in [3.63, 3.8) is 0 Å². The lowest BCUT2D eigenvalue weighted by atomic mass is 10.0. The molecule has 8 heteroatoms. The second-order valence-electron chi connectivity index (χ2n) is 8.69. The number of benzene rings is 2. The first kappa shape index (κ1) is 23.7. The third-order valence-electron chi connectivity index (χ3n) is 5.36. The summed E-state index contributed by atoms with van der Waals surface area (Å²) in [7, 11) is 0. The Morgan fingerprint density at radius 1 is 1.21 bits per heavy atom. The van der Waals surface area contributed by atoms with E-state index in [0.29, 0.717) is 46.7 Å². The number of aromatic nitrogens is 3. The van der Waals surface area contributed by atoms with E-state index in [9.17, 15) is 10.1 Å². The Kier molecular flexibility index (Phi) is 7.13. The SMILES string of the molecule is CCCC(=O)N1c2ccc(C)cc2-c2nnc(SCC(C)C)nc2OC1c1ccc(C#N)cc1. The molecule has 2 aromatic carbocycles. The van der Waals surface area contributed by atoms with E-state index in [-0.39, 0.29) is 5.91 Å².